The summed E-state index contributed by atoms with van der Waals surface area (Å²) >= 11 is 1.65. The van der Waals surface area contributed by atoms with E-state index in [0.29, 0.717) is 11.3 Å². The maximum Gasteiger partial charge on any atom is 0.194 e. The highest BCUT2D eigenvalue weighted by atomic mass is 32.1. The Bertz CT molecular complexity index is 626. The molecule has 0 unspecified atom stereocenters. The number of benzene rings is 1. The molecule has 0 atom stereocenters. The molecule has 2 nitrogen and oxygen atoms in total. The van der Waals surface area contributed by atoms with Crippen molar-refractivity contribution in [2.45, 2.75) is 27.7 Å². The second-order valence-electron chi connectivity index (χ2n) is 4.68. The average molecular weight is 259 g/mol. The van der Waals surface area contributed by atoms with Crippen molar-refractivity contribution in [3.63, 3.8) is 0 Å². The molecule has 2 rings (SSSR count). The van der Waals surface area contributed by atoms with E-state index in [1.165, 1.54) is 0 Å². The highest BCUT2D eigenvalue weighted by Crippen LogP contribution is 2.26. The van der Waals surface area contributed by atoms with Gasteiger partial charge in [-0.2, -0.15) is 0 Å². The highest BCUT2D eigenvalue weighted by Gasteiger charge is 2.17. The Hall–Kier alpha value is -1.61. The number of hydrogen-bond donors (Lipinski definition) is 1. The van der Waals surface area contributed by atoms with E-state index in [1.54, 1.807) is 17.4 Å². The van der Waals surface area contributed by atoms with Crippen molar-refractivity contribution in [2.75, 3.05) is 5.73 Å². The van der Waals surface area contributed by atoms with Crippen LogP contribution in [0, 0.1) is 27.7 Å². The first-order valence-electron chi connectivity index (χ1n) is 5.88. The number of nitrogen functional groups attached to an aromatic ring is 1. The summed E-state index contributed by atoms with van der Waals surface area (Å²) in [6, 6.07) is 5.72. The summed E-state index contributed by atoms with van der Waals surface area (Å²) in [5.41, 5.74) is 10.1. The number of carbonyl (C=O) groups is 1. The number of anilines is 1. The van der Waals surface area contributed by atoms with Crippen molar-refractivity contribution in [3.8, 4) is 0 Å². The zero-order valence-corrected chi connectivity index (χ0v) is 11.9. The van der Waals surface area contributed by atoms with Gasteiger partial charge in [0.1, 0.15) is 0 Å². The van der Waals surface area contributed by atoms with Gasteiger partial charge in [-0.05, 0) is 51.0 Å². The Morgan fingerprint density at radius 1 is 1.00 bits per heavy atom. The molecular formula is C15H17NOS. The Morgan fingerprint density at radius 2 is 1.67 bits per heavy atom. The second-order valence-corrected chi connectivity index (χ2v) is 6.14. The molecule has 2 N–H and O–H groups in total. The van der Waals surface area contributed by atoms with Gasteiger partial charge < -0.3 is 5.73 Å². The molecule has 3 heteroatoms. The number of ketones is 1. The summed E-state index contributed by atoms with van der Waals surface area (Å²) in [6.45, 7) is 7.91. The average Bonchev–Trinajstić information content (AvgIpc) is 2.62. The molecule has 0 saturated heterocycles. The van der Waals surface area contributed by atoms with Gasteiger partial charge in [0.25, 0.3) is 0 Å². The molecule has 1 heterocycles. The minimum atomic E-state index is 0.0704. The van der Waals surface area contributed by atoms with Crippen LogP contribution in [0.15, 0.2) is 18.2 Å². The van der Waals surface area contributed by atoms with Crippen molar-refractivity contribution in [1.82, 2.24) is 0 Å². The lowest BCUT2D eigenvalue weighted by molar-refractivity contribution is 0.103. The predicted octanol–water partition coefficient (Wildman–Crippen LogP) is 3.79. The highest BCUT2D eigenvalue weighted by molar-refractivity contribution is 7.12. The molecular weight excluding hydrogens is 242 g/mol. The Labute approximate surface area is 111 Å². The molecule has 94 valence electrons. The van der Waals surface area contributed by atoms with E-state index >= 15 is 0 Å². The molecule has 0 aliphatic heterocycles. The van der Waals surface area contributed by atoms with Crippen LogP contribution in [0.25, 0.3) is 0 Å². The normalized spacial score (nSPS) is 10.7. The van der Waals surface area contributed by atoms with Gasteiger partial charge in [-0.3, -0.25) is 4.79 Å². The van der Waals surface area contributed by atoms with E-state index in [-0.39, 0.29) is 5.78 Å². The van der Waals surface area contributed by atoms with Gasteiger partial charge in [-0.15, -0.1) is 11.3 Å². The lowest BCUT2D eigenvalue weighted by Gasteiger charge is -2.08. The SMILES string of the molecule is Cc1cc(C(=O)c2cc(N)c(C)cc2C)c(C)s1. The fourth-order valence-corrected chi connectivity index (χ4v) is 3.04. The van der Waals surface area contributed by atoms with Crippen LogP contribution in [0.5, 0.6) is 0 Å². The quantitative estimate of drug-likeness (QED) is 0.658. The van der Waals surface area contributed by atoms with Gasteiger partial charge in [0.15, 0.2) is 5.78 Å². The van der Waals surface area contributed by atoms with Crippen molar-refractivity contribution in [3.05, 3.63) is 50.2 Å². The zero-order valence-electron chi connectivity index (χ0n) is 11.1. The summed E-state index contributed by atoms with van der Waals surface area (Å²) in [4.78, 5) is 14.7. The minimum absolute atomic E-state index is 0.0704. The van der Waals surface area contributed by atoms with Crippen molar-refractivity contribution in [1.29, 1.82) is 0 Å². The van der Waals surface area contributed by atoms with Crippen LogP contribution in [-0.2, 0) is 0 Å². The molecule has 1 aromatic carbocycles. The summed E-state index contributed by atoms with van der Waals surface area (Å²) in [6.07, 6.45) is 0. The number of carbonyl (C=O) groups excluding carboxylic acids is 1. The maximum atomic E-state index is 12.5. The van der Waals surface area contributed by atoms with Crippen LogP contribution in [0.1, 0.15) is 36.8 Å². The third kappa shape index (κ3) is 2.18. The summed E-state index contributed by atoms with van der Waals surface area (Å²) in [5.74, 6) is 0.0704. The van der Waals surface area contributed by atoms with Crippen molar-refractivity contribution >= 4 is 22.8 Å². The van der Waals surface area contributed by atoms with E-state index in [1.807, 2.05) is 39.8 Å². The van der Waals surface area contributed by atoms with Gasteiger partial charge in [-0.1, -0.05) is 6.07 Å². The van der Waals surface area contributed by atoms with Crippen molar-refractivity contribution in [2.24, 2.45) is 0 Å². The van der Waals surface area contributed by atoms with Gasteiger partial charge in [-0.25, -0.2) is 0 Å². The van der Waals surface area contributed by atoms with Crippen LogP contribution in [0.4, 0.5) is 5.69 Å². The van der Waals surface area contributed by atoms with Crippen LogP contribution >= 0.6 is 11.3 Å². The van der Waals surface area contributed by atoms with E-state index < -0.39 is 0 Å². The summed E-state index contributed by atoms with van der Waals surface area (Å²) in [5, 5.41) is 0. The zero-order chi connectivity index (χ0) is 13.4. The fraction of sp³-hybridized carbons (Fsp3) is 0.267. The molecule has 0 aliphatic rings. The third-order valence-corrected chi connectivity index (χ3v) is 4.11. The summed E-state index contributed by atoms with van der Waals surface area (Å²) < 4.78 is 0. The molecule has 0 bridgehead atoms. The second kappa shape index (κ2) is 4.58. The number of thiophene rings is 1. The van der Waals surface area contributed by atoms with Gasteiger partial charge in [0.2, 0.25) is 0 Å². The Kier molecular flexibility index (Phi) is 3.26. The van der Waals surface area contributed by atoms with Gasteiger partial charge in [0, 0.05) is 26.6 Å². The number of nitrogens with two attached hydrogens (primary N) is 1. The monoisotopic (exact) mass is 259 g/mol. The van der Waals surface area contributed by atoms with E-state index in [0.717, 1.165) is 26.4 Å². The molecule has 0 aliphatic carbocycles. The minimum Gasteiger partial charge on any atom is -0.398 e. The topological polar surface area (TPSA) is 43.1 Å². The standard InChI is InChI=1S/C15H17NOS/c1-8-5-9(2)14(16)7-12(8)15(17)13-6-10(3)18-11(13)4/h5-7H,16H2,1-4H3. The molecule has 0 fully saturated rings. The first-order chi connectivity index (χ1) is 8.40. The largest absolute Gasteiger partial charge is 0.398 e. The van der Waals surface area contributed by atoms with Crippen LogP contribution < -0.4 is 5.73 Å². The molecule has 0 amide bonds. The third-order valence-electron chi connectivity index (χ3n) is 3.14. The molecule has 2 aromatic rings. The van der Waals surface area contributed by atoms with E-state index in [4.69, 9.17) is 5.73 Å². The molecule has 1 aromatic heterocycles. The first kappa shape index (κ1) is 12.8. The maximum absolute atomic E-state index is 12.5. The molecule has 0 saturated carbocycles. The van der Waals surface area contributed by atoms with Crippen LogP contribution in [-0.4, -0.2) is 5.78 Å². The first-order valence-corrected chi connectivity index (χ1v) is 6.70. The molecule has 0 radical (unpaired) electrons. The lowest BCUT2D eigenvalue weighted by atomic mass is 9.97. The Balaban J connectivity index is 2.53. The lowest BCUT2D eigenvalue weighted by Crippen LogP contribution is -2.06. The number of rotatable bonds is 2. The number of aryl methyl sites for hydroxylation is 4. The van der Waals surface area contributed by atoms with E-state index in [9.17, 15) is 4.79 Å². The van der Waals surface area contributed by atoms with Crippen LogP contribution in [0.2, 0.25) is 0 Å². The van der Waals surface area contributed by atoms with Gasteiger partial charge >= 0.3 is 0 Å². The van der Waals surface area contributed by atoms with Crippen LogP contribution in [0.3, 0.4) is 0 Å². The van der Waals surface area contributed by atoms with Crippen molar-refractivity contribution < 1.29 is 4.79 Å². The number of hydrogen-bond acceptors (Lipinski definition) is 3. The molecule has 18 heavy (non-hydrogen) atoms. The summed E-state index contributed by atoms with van der Waals surface area (Å²) in [7, 11) is 0. The fourth-order valence-electron chi connectivity index (χ4n) is 2.11. The van der Waals surface area contributed by atoms with Gasteiger partial charge in [0.05, 0.1) is 0 Å². The predicted molar refractivity (Wildman–Crippen MR) is 77.6 cm³/mol. The molecule has 0 spiro atoms. The smallest absolute Gasteiger partial charge is 0.194 e. The Morgan fingerprint density at radius 3 is 2.22 bits per heavy atom. The van der Waals surface area contributed by atoms with E-state index in [2.05, 4.69) is 0 Å².